The Morgan fingerprint density at radius 2 is 1.92 bits per heavy atom. The smallest absolute Gasteiger partial charge is 0.335 e. The summed E-state index contributed by atoms with van der Waals surface area (Å²) in [6, 6.07) is 14.7. The minimum atomic E-state index is -0.958. The molecule has 0 saturated carbocycles. The number of carboxylic acid groups (broad SMARTS) is 1. The van der Waals surface area contributed by atoms with E-state index in [0.29, 0.717) is 22.8 Å². The monoisotopic (exact) mass is 331 g/mol. The quantitative estimate of drug-likeness (QED) is 0.611. The largest absolute Gasteiger partial charge is 0.478 e. The summed E-state index contributed by atoms with van der Waals surface area (Å²) in [5, 5.41) is 14.1. The van der Waals surface area contributed by atoms with Crippen molar-refractivity contribution >= 4 is 16.9 Å². The first kappa shape index (κ1) is 15.0. The molecule has 0 amide bonds. The van der Waals surface area contributed by atoms with E-state index in [1.165, 1.54) is 0 Å². The van der Waals surface area contributed by atoms with Gasteiger partial charge in [-0.25, -0.2) is 4.79 Å². The van der Waals surface area contributed by atoms with E-state index in [4.69, 9.17) is 9.63 Å². The fourth-order valence-electron chi connectivity index (χ4n) is 2.69. The summed E-state index contributed by atoms with van der Waals surface area (Å²) in [5.41, 5.74) is 3.23. The second kappa shape index (κ2) is 5.83. The van der Waals surface area contributed by atoms with Crippen molar-refractivity contribution in [3.8, 4) is 22.8 Å². The van der Waals surface area contributed by atoms with E-state index in [-0.39, 0.29) is 5.56 Å². The summed E-state index contributed by atoms with van der Waals surface area (Å²) < 4.78 is 5.35. The minimum absolute atomic E-state index is 0.256. The highest BCUT2D eigenvalue weighted by Gasteiger charge is 2.14. The van der Waals surface area contributed by atoms with Crippen molar-refractivity contribution in [3.63, 3.8) is 0 Å². The van der Waals surface area contributed by atoms with Crippen LogP contribution >= 0.6 is 0 Å². The van der Waals surface area contributed by atoms with E-state index in [1.54, 1.807) is 31.3 Å². The molecule has 6 nitrogen and oxygen atoms in total. The lowest BCUT2D eigenvalue weighted by atomic mass is 10.0. The number of aromatic nitrogens is 3. The van der Waals surface area contributed by atoms with E-state index >= 15 is 0 Å². The average Bonchev–Trinajstić information content (AvgIpc) is 3.11. The summed E-state index contributed by atoms with van der Waals surface area (Å²) in [6.07, 6.45) is 1.69. The highest BCUT2D eigenvalue weighted by atomic mass is 16.5. The molecule has 6 heteroatoms. The van der Waals surface area contributed by atoms with E-state index < -0.39 is 5.97 Å². The van der Waals surface area contributed by atoms with Gasteiger partial charge in [-0.3, -0.25) is 4.98 Å². The molecule has 0 aliphatic rings. The number of nitrogens with zero attached hydrogens (tertiary/aromatic N) is 3. The van der Waals surface area contributed by atoms with Gasteiger partial charge in [-0.15, -0.1) is 0 Å². The zero-order chi connectivity index (χ0) is 17.4. The number of carbonyl (C=O) groups is 1. The Kier molecular flexibility index (Phi) is 3.50. The highest BCUT2D eigenvalue weighted by molar-refractivity contribution is 5.90. The third-order valence-electron chi connectivity index (χ3n) is 3.98. The summed E-state index contributed by atoms with van der Waals surface area (Å²) in [6.45, 7) is 1.74. The van der Waals surface area contributed by atoms with Crippen LogP contribution in [0.1, 0.15) is 15.9 Å². The van der Waals surface area contributed by atoms with Crippen LogP contribution in [0.2, 0.25) is 0 Å². The summed E-state index contributed by atoms with van der Waals surface area (Å²) in [5.74, 6) is -0.184. The van der Waals surface area contributed by atoms with Crippen LogP contribution in [0.5, 0.6) is 0 Å². The van der Waals surface area contributed by atoms with Crippen molar-refractivity contribution in [3.05, 3.63) is 65.9 Å². The van der Waals surface area contributed by atoms with Crippen molar-refractivity contribution in [2.24, 2.45) is 0 Å². The number of carboxylic acids is 1. The second-order valence-electron chi connectivity index (χ2n) is 5.67. The molecule has 4 rings (SSSR count). The predicted octanol–water partition coefficient (Wildman–Crippen LogP) is 3.96. The molecule has 122 valence electrons. The number of benzene rings is 2. The highest BCUT2D eigenvalue weighted by Crippen LogP contribution is 2.25. The van der Waals surface area contributed by atoms with Gasteiger partial charge in [0, 0.05) is 17.1 Å². The van der Waals surface area contributed by atoms with Crippen LogP contribution in [0.3, 0.4) is 0 Å². The number of pyridine rings is 1. The van der Waals surface area contributed by atoms with Gasteiger partial charge in [-0.2, -0.15) is 4.98 Å². The van der Waals surface area contributed by atoms with Crippen molar-refractivity contribution in [2.75, 3.05) is 0 Å². The van der Waals surface area contributed by atoms with Gasteiger partial charge in [0.2, 0.25) is 5.82 Å². The van der Waals surface area contributed by atoms with Gasteiger partial charge in [0.15, 0.2) is 0 Å². The number of aryl methyl sites for hydroxylation is 1. The van der Waals surface area contributed by atoms with Crippen LogP contribution < -0.4 is 0 Å². The lowest BCUT2D eigenvalue weighted by molar-refractivity contribution is 0.0696. The molecule has 2 aromatic carbocycles. The van der Waals surface area contributed by atoms with Crippen molar-refractivity contribution in [1.82, 2.24) is 15.1 Å². The van der Waals surface area contributed by atoms with Gasteiger partial charge < -0.3 is 9.63 Å². The molecule has 0 saturated heterocycles. The zero-order valence-corrected chi connectivity index (χ0v) is 13.3. The van der Waals surface area contributed by atoms with Crippen molar-refractivity contribution < 1.29 is 14.4 Å². The van der Waals surface area contributed by atoms with Crippen LogP contribution in [-0.4, -0.2) is 26.2 Å². The molecule has 0 radical (unpaired) electrons. The van der Waals surface area contributed by atoms with Crippen LogP contribution in [-0.2, 0) is 0 Å². The van der Waals surface area contributed by atoms with Crippen LogP contribution in [0.25, 0.3) is 33.7 Å². The van der Waals surface area contributed by atoms with Gasteiger partial charge in [0.25, 0.3) is 5.89 Å². The lowest BCUT2D eigenvalue weighted by Gasteiger charge is -2.01. The molecule has 1 N–H and O–H groups in total. The van der Waals surface area contributed by atoms with Gasteiger partial charge in [-0.1, -0.05) is 29.4 Å². The maximum absolute atomic E-state index is 11.1. The second-order valence-corrected chi connectivity index (χ2v) is 5.67. The van der Waals surface area contributed by atoms with Gasteiger partial charge in [0.1, 0.15) is 0 Å². The Morgan fingerprint density at radius 1 is 1.08 bits per heavy atom. The molecule has 0 aliphatic carbocycles. The fraction of sp³-hybridized carbons (Fsp3) is 0.0526. The Bertz CT molecular complexity index is 1100. The molecule has 0 atom stereocenters. The summed E-state index contributed by atoms with van der Waals surface area (Å²) in [7, 11) is 0. The molecular weight excluding hydrogens is 318 g/mol. The maximum atomic E-state index is 11.1. The molecule has 0 unspecified atom stereocenters. The molecular formula is C19H13N3O3. The number of hydrogen-bond donors (Lipinski definition) is 1. The molecule has 2 heterocycles. The maximum Gasteiger partial charge on any atom is 0.335 e. The molecule has 4 aromatic rings. The normalized spacial score (nSPS) is 10.9. The van der Waals surface area contributed by atoms with Crippen LogP contribution in [0, 0.1) is 6.92 Å². The van der Waals surface area contributed by atoms with E-state index in [2.05, 4.69) is 15.1 Å². The third kappa shape index (κ3) is 2.74. The number of rotatable bonds is 3. The predicted molar refractivity (Wildman–Crippen MR) is 92.2 cm³/mol. The third-order valence-corrected chi connectivity index (χ3v) is 3.98. The lowest BCUT2D eigenvalue weighted by Crippen LogP contribution is -1.99. The van der Waals surface area contributed by atoms with Crippen LogP contribution in [0.4, 0.5) is 0 Å². The van der Waals surface area contributed by atoms with Crippen molar-refractivity contribution in [1.29, 1.82) is 0 Å². The molecule has 0 fully saturated rings. The zero-order valence-electron chi connectivity index (χ0n) is 13.3. The molecule has 25 heavy (non-hydrogen) atoms. The molecule has 0 bridgehead atoms. The van der Waals surface area contributed by atoms with Gasteiger partial charge >= 0.3 is 5.97 Å². The first-order valence-corrected chi connectivity index (χ1v) is 7.65. The standard InChI is InChI=1S/C19H13N3O3/c1-11-8-13(6-7-15(11)19(23)24)17-21-18(25-22-17)14-9-12-4-2-3-5-16(12)20-10-14/h2-10H,1H3,(H,23,24). The number of aromatic carboxylic acids is 1. The Labute approximate surface area is 142 Å². The number of para-hydroxylation sites is 1. The molecule has 0 spiro atoms. The minimum Gasteiger partial charge on any atom is -0.478 e. The number of fused-ring (bicyclic) bond motifs is 1. The van der Waals surface area contributed by atoms with Crippen LogP contribution in [0.15, 0.2) is 59.3 Å². The summed E-state index contributed by atoms with van der Waals surface area (Å²) >= 11 is 0. The number of hydrogen-bond acceptors (Lipinski definition) is 5. The molecule has 0 aliphatic heterocycles. The summed E-state index contributed by atoms with van der Waals surface area (Å²) in [4.78, 5) is 19.9. The first-order valence-electron chi connectivity index (χ1n) is 7.65. The Balaban J connectivity index is 1.72. The SMILES string of the molecule is Cc1cc(-c2noc(-c3cnc4ccccc4c3)n2)ccc1C(=O)O. The topological polar surface area (TPSA) is 89.1 Å². The van der Waals surface area contributed by atoms with E-state index in [0.717, 1.165) is 16.5 Å². The average molecular weight is 331 g/mol. The van der Waals surface area contributed by atoms with E-state index in [9.17, 15) is 4.79 Å². The molecule has 2 aromatic heterocycles. The van der Waals surface area contributed by atoms with E-state index in [1.807, 2.05) is 30.3 Å². The fourth-order valence-corrected chi connectivity index (χ4v) is 2.69. The van der Waals surface area contributed by atoms with Gasteiger partial charge in [-0.05, 0) is 36.8 Å². The van der Waals surface area contributed by atoms with Gasteiger partial charge in [0.05, 0.1) is 16.6 Å². The first-order chi connectivity index (χ1) is 12.1. The Hall–Kier alpha value is -3.54. The Morgan fingerprint density at radius 3 is 2.72 bits per heavy atom. The van der Waals surface area contributed by atoms with Crippen molar-refractivity contribution in [2.45, 2.75) is 6.92 Å².